The third-order valence-electron chi connectivity index (χ3n) is 3.63. The number of ether oxygens (including phenoxy) is 3. The first-order valence-electron chi connectivity index (χ1n) is 7.84. The predicted octanol–water partition coefficient (Wildman–Crippen LogP) is 3.14. The van der Waals surface area contributed by atoms with Gasteiger partial charge in [-0.05, 0) is 26.0 Å². The van der Waals surface area contributed by atoms with Crippen LogP contribution in [0.15, 0.2) is 35.1 Å². The predicted molar refractivity (Wildman–Crippen MR) is 91.6 cm³/mol. The average molecular weight is 347 g/mol. The molecule has 0 saturated carbocycles. The Bertz CT molecular complexity index is 752. The van der Waals surface area contributed by atoms with Crippen molar-refractivity contribution < 1.29 is 28.2 Å². The summed E-state index contributed by atoms with van der Waals surface area (Å²) in [5, 5.41) is 0. The summed E-state index contributed by atoms with van der Waals surface area (Å²) < 4.78 is 20.5. The second-order valence-corrected chi connectivity index (χ2v) is 5.01. The highest BCUT2D eigenvalue weighted by molar-refractivity contribution is 6.12. The topological polar surface area (TPSA) is 78.2 Å². The summed E-state index contributed by atoms with van der Waals surface area (Å²) in [6, 6.07) is 5.16. The minimum atomic E-state index is -0.594. The Hall–Kier alpha value is -2.96. The number of esters is 1. The number of benzene rings is 1. The van der Waals surface area contributed by atoms with Crippen LogP contribution >= 0.6 is 0 Å². The summed E-state index contributed by atoms with van der Waals surface area (Å²) in [4.78, 5) is 26.4. The van der Waals surface area contributed by atoms with Crippen molar-refractivity contribution in [2.24, 2.45) is 0 Å². The van der Waals surface area contributed by atoms with Crippen LogP contribution in [-0.2, 0) is 4.74 Å². The first-order valence-corrected chi connectivity index (χ1v) is 7.84. The molecule has 2 aromatic rings. The number of rotatable bonds is 7. The van der Waals surface area contributed by atoms with Crippen LogP contribution in [0.1, 0.15) is 34.6 Å². The molecule has 2 rings (SSSR count). The number of hydrogen-bond donors (Lipinski definition) is 0. The van der Waals surface area contributed by atoms with Crippen molar-refractivity contribution in [1.82, 2.24) is 0 Å². The van der Waals surface area contributed by atoms with E-state index in [4.69, 9.17) is 18.6 Å². The number of carbonyl (C=O) groups is 2. The van der Waals surface area contributed by atoms with Crippen molar-refractivity contribution in [3.05, 3.63) is 41.9 Å². The minimum absolute atomic E-state index is 0.103. The Labute approximate surface area is 146 Å². The standard InChI is InChI=1S/C18H21NO6/c1-5-19(12-7-8-15(22-3)16(9-12)23-4)17(20)13-10-24-11-14(13)18(21)25-6-2/h7-11H,5-6H2,1-4H3. The van der Waals surface area contributed by atoms with E-state index in [1.54, 1.807) is 25.1 Å². The van der Waals surface area contributed by atoms with Crippen LogP contribution in [0.25, 0.3) is 0 Å². The van der Waals surface area contributed by atoms with Crippen LogP contribution in [0, 0.1) is 0 Å². The third kappa shape index (κ3) is 3.76. The second kappa shape index (κ2) is 8.23. The molecule has 0 saturated heterocycles. The summed E-state index contributed by atoms with van der Waals surface area (Å²) in [7, 11) is 3.06. The average Bonchev–Trinajstić information content (AvgIpc) is 3.12. The number of amides is 1. The van der Waals surface area contributed by atoms with Crippen LogP contribution in [-0.4, -0.2) is 39.2 Å². The quantitative estimate of drug-likeness (QED) is 0.716. The molecule has 0 radical (unpaired) electrons. The van der Waals surface area contributed by atoms with Gasteiger partial charge in [-0.15, -0.1) is 0 Å². The lowest BCUT2D eigenvalue weighted by Crippen LogP contribution is -2.31. The van der Waals surface area contributed by atoms with E-state index in [-0.39, 0.29) is 23.6 Å². The minimum Gasteiger partial charge on any atom is -0.493 e. The molecule has 134 valence electrons. The van der Waals surface area contributed by atoms with Gasteiger partial charge in [0.25, 0.3) is 5.91 Å². The van der Waals surface area contributed by atoms with Gasteiger partial charge in [-0.25, -0.2) is 4.79 Å². The van der Waals surface area contributed by atoms with E-state index in [2.05, 4.69) is 0 Å². The molecule has 1 amide bonds. The zero-order valence-corrected chi connectivity index (χ0v) is 14.7. The van der Waals surface area contributed by atoms with Crippen molar-refractivity contribution in [1.29, 1.82) is 0 Å². The lowest BCUT2D eigenvalue weighted by Gasteiger charge is -2.22. The number of nitrogens with zero attached hydrogens (tertiary/aromatic N) is 1. The fraction of sp³-hybridized carbons (Fsp3) is 0.333. The molecule has 7 heteroatoms. The van der Waals surface area contributed by atoms with Gasteiger partial charge in [0.2, 0.25) is 0 Å². The van der Waals surface area contributed by atoms with E-state index in [9.17, 15) is 9.59 Å². The van der Waals surface area contributed by atoms with Gasteiger partial charge in [0.05, 0.1) is 26.4 Å². The highest BCUT2D eigenvalue weighted by Gasteiger charge is 2.25. The third-order valence-corrected chi connectivity index (χ3v) is 3.63. The lowest BCUT2D eigenvalue weighted by molar-refractivity contribution is 0.0522. The maximum Gasteiger partial charge on any atom is 0.342 e. The largest absolute Gasteiger partial charge is 0.493 e. The van der Waals surface area contributed by atoms with Crippen LogP contribution in [0.4, 0.5) is 5.69 Å². The molecule has 1 aromatic heterocycles. The summed E-state index contributed by atoms with van der Waals surface area (Å²) in [6.07, 6.45) is 2.46. The smallest absolute Gasteiger partial charge is 0.342 e. The molecule has 0 spiro atoms. The molecular weight excluding hydrogens is 326 g/mol. The Morgan fingerprint density at radius 3 is 2.32 bits per heavy atom. The van der Waals surface area contributed by atoms with Crippen LogP contribution in [0.5, 0.6) is 11.5 Å². The van der Waals surface area contributed by atoms with Gasteiger partial charge < -0.3 is 23.5 Å². The number of hydrogen-bond acceptors (Lipinski definition) is 6. The molecule has 25 heavy (non-hydrogen) atoms. The number of anilines is 1. The van der Waals surface area contributed by atoms with Gasteiger partial charge in [0.1, 0.15) is 18.1 Å². The highest BCUT2D eigenvalue weighted by atomic mass is 16.5. The van der Waals surface area contributed by atoms with Crippen molar-refractivity contribution in [2.75, 3.05) is 32.3 Å². The molecule has 7 nitrogen and oxygen atoms in total. The van der Waals surface area contributed by atoms with Crippen LogP contribution in [0.3, 0.4) is 0 Å². The maximum absolute atomic E-state index is 12.9. The Morgan fingerprint density at radius 1 is 1.04 bits per heavy atom. The fourth-order valence-corrected chi connectivity index (χ4v) is 2.41. The molecule has 0 aliphatic carbocycles. The van der Waals surface area contributed by atoms with E-state index in [0.29, 0.717) is 23.7 Å². The fourth-order valence-electron chi connectivity index (χ4n) is 2.41. The first-order chi connectivity index (χ1) is 12.1. The zero-order chi connectivity index (χ0) is 18.4. The maximum atomic E-state index is 12.9. The van der Waals surface area contributed by atoms with E-state index < -0.39 is 5.97 Å². The van der Waals surface area contributed by atoms with Gasteiger partial charge in [-0.3, -0.25) is 4.79 Å². The van der Waals surface area contributed by atoms with Crippen molar-refractivity contribution >= 4 is 17.6 Å². The van der Waals surface area contributed by atoms with Crippen molar-refractivity contribution in [3.63, 3.8) is 0 Å². The molecule has 1 heterocycles. The van der Waals surface area contributed by atoms with E-state index >= 15 is 0 Å². The van der Waals surface area contributed by atoms with E-state index in [1.165, 1.54) is 31.6 Å². The molecule has 0 N–H and O–H groups in total. The van der Waals surface area contributed by atoms with E-state index in [0.717, 1.165) is 0 Å². The summed E-state index contributed by atoms with van der Waals surface area (Å²) >= 11 is 0. The Morgan fingerprint density at radius 2 is 1.72 bits per heavy atom. The van der Waals surface area contributed by atoms with Crippen molar-refractivity contribution in [2.45, 2.75) is 13.8 Å². The molecule has 0 unspecified atom stereocenters. The van der Waals surface area contributed by atoms with Crippen molar-refractivity contribution in [3.8, 4) is 11.5 Å². The zero-order valence-electron chi connectivity index (χ0n) is 14.7. The van der Waals surface area contributed by atoms with E-state index in [1.807, 2.05) is 6.92 Å². The molecule has 1 aromatic carbocycles. The van der Waals surface area contributed by atoms with Gasteiger partial charge >= 0.3 is 5.97 Å². The SMILES string of the molecule is CCOC(=O)c1cocc1C(=O)N(CC)c1ccc(OC)c(OC)c1. The second-order valence-electron chi connectivity index (χ2n) is 5.01. The molecule has 0 aliphatic heterocycles. The number of furan rings is 1. The van der Waals surface area contributed by atoms with Gasteiger partial charge in [0.15, 0.2) is 11.5 Å². The molecule has 0 bridgehead atoms. The van der Waals surface area contributed by atoms with Gasteiger partial charge in [0, 0.05) is 18.3 Å². The van der Waals surface area contributed by atoms with Gasteiger partial charge in [-0.1, -0.05) is 0 Å². The molecule has 0 aliphatic rings. The summed E-state index contributed by atoms with van der Waals surface area (Å²) in [5.74, 6) is 0.101. The van der Waals surface area contributed by atoms with Crippen LogP contribution in [0.2, 0.25) is 0 Å². The van der Waals surface area contributed by atoms with Crippen LogP contribution < -0.4 is 14.4 Å². The Balaban J connectivity index is 2.37. The summed E-state index contributed by atoms with van der Waals surface area (Å²) in [5.41, 5.74) is 0.863. The number of carbonyl (C=O) groups excluding carboxylic acids is 2. The molecular formula is C18H21NO6. The number of methoxy groups -OCH3 is 2. The molecule has 0 atom stereocenters. The summed E-state index contributed by atoms with van der Waals surface area (Å²) in [6.45, 7) is 4.13. The van der Waals surface area contributed by atoms with Gasteiger partial charge in [-0.2, -0.15) is 0 Å². The highest BCUT2D eigenvalue weighted by Crippen LogP contribution is 2.32. The lowest BCUT2D eigenvalue weighted by atomic mass is 10.1. The first kappa shape index (κ1) is 18.4. The normalized spacial score (nSPS) is 10.2. The Kier molecular flexibility index (Phi) is 6.05. The molecule has 0 fully saturated rings. The monoisotopic (exact) mass is 347 g/mol.